The zero-order valence-corrected chi connectivity index (χ0v) is 18.9. The van der Waals surface area contributed by atoms with Crippen molar-refractivity contribution in [1.82, 2.24) is 4.90 Å². The number of alkyl halides is 3. The molecule has 1 aliphatic rings. The molecule has 1 aliphatic heterocycles. The average molecular weight is 483 g/mol. The predicted molar refractivity (Wildman–Crippen MR) is 126 cm³/mol. The molecule has 0 aromatic heterocycles. The lowest BCUT2D eigenvalue weighted by Crippen LogP contribution is -2.41. The number of nitrogens with zero attached hydrogens (tertiary/aromatic N) is 1. The summed E-state index contributed by atoms with van der Waals surface area (Å²) >= 11 is 0. The van der Waals surface area contributed by atoms with Crippen LogP contribution in [-0.4, -0.2) is 29.8 Å². The fourth-order valence-corrected chi connectivity index (χ4v) is 3.95. The van der Waals surface area contributed by atoms with Crippen LogP contribution in [0.15, 0.2) is 78.9 Å². The Morgan fingerprint density at radius 3 is 2.11 bits per heavy atom. The molecular weight excluding hydrogens is 457 g/mol. The summed E-state index contributed by atoms with van der Waals surface area (Å²) in [4.78, 5) is 26.9. The van der Waals surface area contributed by atoms with Gasteiger partial charge < -0.3 is 15.0 Å². The maximum Gasteiger partial charge on any atom is 0.416 e. The summed E-state index contributed by atoms with van der Waals surface area (Å²) in [6.07, 6.45) is -3.48. The minimum Gasteiger partial charge on any atom is -0.489 e. The SMILES string of the molecule is O=C(Nc1ccc(OCc2ccccc2)cc1)C1CCN(C(=O)c2ccc(C(F)(F)F)cc2)CC1. The first-order valence-electron chi connectivity index (χ1n) is 11.3. The van der Waals surface area contributed by atoms with Crippen molar-refractivity contribution >= 4 is 17.5 Å². The molecule has 35 heavy (non-hydrogen) atoms. The van der Waals surface area contributed by atoms with Crippen LogP contribution in [0, 0.1) is 5.92 Å². The van der Waals surface area contributed by atoms with Crippen LogP contribution in [0.3, 0.4) is 0 Å². The van der Waals surface area contributed by atoms with Gasteiger partial charge in [-0.05, 0) is 66.9 Å². The number of rotatable bonds is 6. The van der Waals surface area contributed by atoms with E-state index in [-0.39, 0.29) is 23.3 Å². The third kappa shape index (κ3) is 6.41. The van der Waals surface area contributed by atoms with Crippen LogP contribution >= 0.6 is 0 Å². The van der Waals surface area contributed by atoms with Crippen molar-refractivity contribution in [2.45, 2.75) is 25.6 Å². The number of anilines is 1. The van der Waals surface area contributed by atoms with Gasteiger partial charge in [-0.25, -0.2) is 0 Å². The van der Waals surface area contributed by atoms with Crippen LogP contribution in [0.5, 0.6) is 5.75 Å². The summed E-state index contributed by atoms with van der Waals surface area (Å²) < 4.78 is 43.9. The molecule has 4 rings (SSSR count). The number of piperidine rings is 1. The molecule has 1 saturated heterocycles. The molecule has 3 aromatic carbocycles. The third-order valence-electron chi connectivity index (χ3n) is 5.98. The summed E-state index contributed by atoms with van der Waals surface area (Å²) in [6, 6.07) is 21.2. The van der Waals surface area contributed by atoms with Crippen LogP contribution in [0.2, 0.25) is 0 Å². The second-order valence-corrected chi connectivity index (χ2v) is 8.43. The number of amides is 2. The van der Waals surface area contributed by atoms with Crippen molar-refractivity contribution in [2.75, 3.05) is 18.4 Å². The van der Waals surface area contributed by atoms with E-state index in [4.69, 9.17) is 4.74 Å². The molecule has 1 heterocycles. The largest absolute Gasteiger partial charge is 0.489 e. The lowest BCUT2D eigenvalue weighted by molar-refractivity contribution is -0.137. The van der Waals surface area contributed by atoms with E-state index in [0.717, 1.165) is 17.7 Å². The summed E-state index contributed by atoms with van der Waals surface area (Å²) in [5, 5.41) is 2.90. The van der Waals surface area contributed by atoms with Crippen LogP contribution in [0.1, 0.15) is 34.3 Å². The van der Waals surface area contributed by atoms with Gasteiger partial charge in [0.25, 0.3) is 5.91 Å². The highest BCUT2D eigenvalue weighted by Crippen LogP contribution is 2.29. The number of hydrogen-bond donors (Lipinski definition) is 1. The second-order valence-electron chi connectivity index (χ2n) is 8.43. The number of carbonyl (C=O) groups is 2. The van der Waals surface area contributed by atoms with Crippen molar-refractivity contribution in [3.05, 3.63) is 95.6 Å². The molecule has 3 aromatic rings. The van der Waals surface area contributed by atoms with Crippen LogP contribution < -0.4 is 10.1 Å². The molecule has 1 fully saturated rings. The zero-order chi connectivity index (χ0) is 24.8. The van der Waals surface area contributed by atoms with Crippen LogP contribution in [-0.2, 0) is 17.6 Å². The lowest BCUT2D eigenvalue weighted by Gasteiger charge is -2.31. The molecule has 182 valence electrons. The summed E-state index contributed by atoms with van der Waals surface area (Å²) in [5.74, 6) is -0.00383. The van der Waals surface area contributed by atoms with Crippen molar-refractivity contribution in [1.29, 1.82) is 0 Å². The Balaban J connectivity index is 1.25. The van der Waals surface area contributed by atoms with Crippen molar-refractivity contribution < 1.29 is 27.5 Å². The van der Waals surface area contributed by atoms with Gasteiger partial charge >= 0.3 is 6.18 Å². The molecule has 0 atom stereocenters. The lowest BCUT2D eigenvalue weighted by atomic mass is 9.95. The molecule has 0 bridgehead atoms. The Kier molecular flexibility index (Phi) is 7.39. The van der Waals surface area contributed by atoms with Gasteiger partial charge in [0.05, 0.1) is 5.56 Å². The molecule has 0 spiro atoms. The molecule has 5 nitrogen and oxygen atoms in total. The minimum absolute atomic E-state index is 0.121. The van der Waals surface area contributed by atoms with Crippen LogP contribution in [0.4, 0.5) is 18.9 Å². The number of nitrogens with one attached hydrogen (secondary N) is 1. The topological polar surface area (TPSA) is 58.6 Å². The van der Waals surface area contributed by atoms with E-state index in [1.807, 2.05) is 30.3 Å². The Morgan fingerprint density at radius 1 is 0.886 bits per heavy atom. The highest BCUT2D eigenvalue weighted by molar-refractivity contribution is 5.95. The maximum atomic E-state index is 12.7. The summed E-state index contributed by atoms with van der Waals surface area (Å²) in [6.45, 7) is 1.19. The monoisotopic (exact) mass is 482 g/mol. The van der Waals surface area contributed by atoms with E-state index in [1.54, 1.807) is 29.2 Å². The zero-order valence-electron chi connectivity index (χ0n) is 18.9. The highest BCUT2D eigenvalue weighted by Gasteiger charge is 2.31. The summed E-state index contributed by atoms with van der Waals surface area (Å²) in [7, 11) is 0. The standard InChI is InChI=1S/C27H25F3N2O3/c28-27(29,30)22-8-6-21(7-9-22)26(34)32-16-14-20(15-17-32)25(33)31-23-10-12-24(13-11-23)35-18-19-4-2-1-3-5-19/h1-13,20H,14-18H2,(H,31,33). The minimum atomic E-state index is -4.44. The van der Waals surface area contributed by atoms with E-state index in [0.29, 0.717) is 44.0 Å². The van der Waals surface area contributed by atoms with E-state index in [9.17, 15) is 22.8 Å². The molecule has 2 amide bonds. The van der Waals surface area contributed by atoms with Crippen molar-refractivity contribution in [3.63, 3.8) is 0 Å². The van der Waals surface area contributed by atoms with Gasteiger partial charge in [-0.15, -0.1) is 0 Å². The van der Waals surface area contributed by atoms with Crippen molar-refractivity contribution in [3.8, 4) is 5.75 Å². The Labute approximate surface area is 201 Å². The van der Waals surface area contributed by atoms with Gasteiger partial charge in [0.1, 0.15) is 12.4 Å². The number of hydrogen-bond acceptors (Lipinski definition) is 3. The third-order valence-corrected chi connectivity index (χ3v) is 5.98. The smallest absolute Gasteiger partial charge is 0.416 e. The number of ether oxygens (including phenoxy) is 1. The molecule has 8 heteroatoms. The molecule has 1 N–H and O–H groups in total. The number of benzene rings is 3. The molecule has 0 unspecified atom stereocenters. The fraction of sp³-hybridized carbons (Fsp3) is 0.259. The quantitative estimate of drug-likeness (QED) is 0.485. The van der Waals surface area contributed by atoms with Gasteiger partial charge in [0, 0.05) is 30.3 Å². The number of halogens is 3. The predicted octanol–water partition coefficient (Wildman–Crippen LogP) is 5.78. The Bertz CT molecular complexity index is 1140. The Hall–Kier alpha value is -3.81. The summed E-state index contributed by atoms with van der Waals surface area (Å²) in [5.41, 5.74) is 1.13. The normalized spacial score (nSPS) is 14.4. The van der Waals surface area contributed by atoms with Gasteiger partial charge in [-0.3, -0.25) is 9.59 Å². The van der Waals surface area contributed by atoms with E-state index in [1.165, 1.54) is 12.1 Å². The maximum absolute atomic E-state index is 12.7. The van der Waals surface area contributed by atoms with E-state index < -0.39 is 11.7 Å². The average Bonchev–Trinajstić information content (AvgIpc) is 2.88. The molecule has 0 saturated carbocycles. The van der Waals surface area contributed by atoms with Crippen molar-refractivity contribution in [2.24, 2.45) is 5.92 Å². The van der Waals surface area contributed by atoms with Gasteiger partial charge in [-0.2, -0.15) is 13.2 Å². The second kappa shape index (κ2) is 10.6. The number of carbonyl (C=O) groups excluding carboxylic acids is 2. The first-order valence-corrected chi connectivity index (χ1v) is 11.3. The fourth-order valence-electron chi connectivity index (χ4n) is 3.95. The molecule has 0 radical (unpaired) electrons. The van der Waals surface area contributed by atoms with Gasteiger partial charge in [-0.1, -0.05) is 30.3 Å². The van der Waals surface area contributed by atoms with Gasteiger partial charge in [0.15, 0.2) is 0 Å². The van der Waals surface area contributed by atoms with E-state index in [2.05, 4.69) is 5.32 Å². The first kappa shape index (κ1) is 24.3. The van der Waals surface area contributed by atoms with Crippen LogP contribution in [0.25, 0.3) is 0 Å². The molecular formula is C27H25F3N2O3. The van der Waals surface area contributed by atoms with E-state index >= 15 is 0 Å². The first-order chi connectivity index (χ1) is 16.8. The highest BCUT2D eigenvalue weighted by atomic mass is 19.4. The van der Waals surface area contributed by atoms with Gasteiger partial charge in [0.2, 0.25) is 5.91 Å². The Morgan fingerprint density at radius 2 is 1.51 bits per heavy atom. The number of likely N-dealkylation sites (tertiary alicyclic amines) is 1. The molecule has 0 aliphatic carbocycles.